The molecule has 1 aromatic carbocycles. The van der Waals surface area contributed by atoms with Gasteiger partial charge in [-0.15, -0.1) is 0 Å². The van der Waals surface area contributed by atoms with Crippen LogP contribution in [-0.2, 0) is 0 Å². The molecule has 0 atom stereocenters. The molecule has 0 aliphatic carbocycles. The van der Waals surface area contributed by atoms with E-state index < -0.39 is 0 Å². The maximum absolute atomic E-state index is 5.12. The quantitative estimate of drug-likeness (QED) is 0.641. The number of fused-ring (bicyclic) bond motifs is 1. The van der Waals surface area contributed by atoms with Gasteiger partial charge in [-0.05, 0) is 18.2 Å². The Morgan fingerprint density at radius 3 is 2.92 bits per heavy atom. The highest BCUT2D eigenvalue weighted by molar-refractivity contribution is 5.76. The van der Waals surface area contributed by atoms with Gasteiger partial charge >= 0.3 is 0 Å². The third-order valence-electron chi connectivity index (χ3n) is 1.83. The molecular weight excluding hydrogens is 152 g/mol. The molecular formula is C9H10N2O. The van der Waals surface area contributed by atoms with Gasteiger partial charge in [0.2, 0.25) is 0 Å². The predicted molar refractivity (Wildman–Crippen MR) is 48.3 cm³/mol. The molecule has 0 spiro atoms. The Morgan fingerprint density at radius 2 is 2.17 bits per heavy atom. The van der Waals surface area contributed by atoms with E-state index in [-0.39, 0.29) is 0 Å². The Kier molecular flexibility index (Phi) is 1.50. The molecule has 0 aliphatic rings. The van der Waals surface area contributed by atoms with Crippen molar-refractivity contribution in [1.29, 1.82) is 0 Å². The predicted octanol–water partition coefficient (Wildman–Crippen LogP) is 1.89. The fraction of sp³-hybridized carbons (Fsp3) is 0.222. The second-order valence-corrected chi connectivity index (χ2v) is 2.90. The van der Waals surface area contributed by atoms with Gasteiger partial charge in [-0.2, -0.15) is 0 Å². The Balaban J connectivity index is 2.60. The molecule has 0 radical (unpaired) electrons. The molecule has 0 N–H and O–H groups in total. The molecule has 1 heterocycles. The minimum Gasteiger partial charge on any atom is -0.443 e. The number of rotatable bonds is 1. The first-order valence-electron chi connectivity index (χ1n) is 3.78. The van der Waals surface area contributed by atoms with Gasteiger partial charge in [0, 0.05) is 19.8 Å². The molecule has 12 heavy (non-hydrogen) atoms. The van der Waals surface area contributed by atoms with Gasteiger partial charge < -0.3 is 9.32 Å². The molecule has 2 aromatic rings. The first-order valence-corrected chi connectivity index (χ1v) is 3.78. The van der Waals surface area contributed by atoms with Crippen molar-refractivity contribution >= 4 is 16.8 Å². The van der Waals surface area contributed by atoms with Crippen LogP contribution in [0.4, 0.5) is 5.69 Å². The molecule has 1 aromatic heterocycles. The zero-order chi connectivity index (χ0) is 8.55. The smallest absolute Gasteiger partial charge is 0.181 e. The van der Waals surface area contributed by atoms with Crippen LogP contribution in [0.2, 0.25) is 0 Å². The lowest BCUT2D eigenvalue weighted by molar-refractivity contribution is 0.602. The van der Waals surface area contributed by atoms with Crippen LogP contribution in [0.3, 0.4) is 0 Å². The number of aromatic nitrogens is 1. The van der Waals surface area contributed by atoms with Gasteiger partial charge in [0.1, 0.15) is 5.52 Å². The van der Waals surface area contributed by atoms with E-state index in [0.29, 0.717) is 0 Å². The zero-order valence-corrected chi connectivity index (χ0v) is 7.11. The highest BCUT2D eigenvalue weighted by Gasteiger charge is 2.00. The molecule has 3 heteroatoms. The average Bonchev–Trinajstić information content (AvgIpc) is 2.49. The molecule has 0 aliphatic heterocycles. The third kappa shape index (κ3) is 1.03. The third-order valence-corrected chi connectivity index (χ3v) is 1.83. The maximum atomic E-state index is 5.12. The molecule has 0 unspecified atom stereocenters. The molecule has 0 saturated carbocycles. The zero-order valence-electron chi connectivity index (χ0n) is 7.11. The van der Waals surface area contributed by atoms with Gasteiger partial charge in [-0.3, -0.25) is 0 Å². The first-order chi connectivity index (χ1) is 5.77. The number of nitrogens with zero attached hydrogens (tertiary/aromatic N) is 2. The van der Waals surface area contributed by atoms with Crippen molar-refractivity contribution in [2.24, 2.45) is 0 Å². The standard InChI is InChI=1S/C9H10N2O/c1-11(2)7-3-4-9-8(5-7)10-6-12-9/h3-6H,1-2H3. The van der Waals surface area contributed by atoms with Crippen LogP contribution in [0.25, 0.3) is 11.1 Å². The lowest BCUT2D eigenvalue weighted by Gasteiger charge is -2.10. The van der Waals surface area contributed by atoms with Crippen LogP contribution < -0.4 is 4.90 Å². The first kappa shape index (κ1) is 7.16. The number of anilines is 1. The second-order valence-electron chi connectivity index (χ2n) is 2.90. The average molecular weight is 162 g/mol. The molecule has 0 saturated heterocycles. The van der Waals surface area contributed by atoms with Gasteiger partial charge in [0.15, 0.2) is 12.0 Å². The van der Waals surface area contributed by atoms with E-state index in [1.807, 2.05) is 37.2 Å². The Hall–Kier alpha value is -1.51. The van der Waals surface area contributed by atoms with Crippen LogP contribution in [-0.4, -0.2) is 19.1 Å². The van der Waals surface area contributed by atoms with E-state index in [1.54, 1.807) is 0 Å². The monoisotopic (exact) mass is 162 g/mol. The number of hydrogen-bond donors (Lipinski definition) is 0. The summed E-state index contributed by atoms with van der Waals surface area (Å²) in [7, 11) is 4.00. The summed E-state index contributed by atoms with van der Waals surface area (Å²) < 4.78 is 5.12. The van der Waals surface area contributed by atoms with E-state index in [4.69, 9.17) is 4.42 Å². The van der Waals surface area contributed by atoms with Crippen molar-refractivity contribution in [1.82, 2.24) is 4.98 Å². The van der Waals surface area contributed by atoms with Crippen LogP contribution in [0, 0.1) is 0 Å². The van der Waals surface area contributed by atoms with Crippen LogP contribution in [0.15, 0.2) is 29.0 Å². The summed E-state index contributed by atoms with van der Waals surface area (Å²) in [6.07, 6.45) is 1.46. The fourth-order valence-corrected chi connectivity index (χ4v) is 1.12. The van der Waals surface area contributed by atoms with E-state index in [0.717, 1.165) is 16.8 Å². The topological polar surface area (TPSA) is 29.3 Å². The van der Waals surface area contributed by atoms with E-state index in [2.05, 4.69) is 4.98 Å². The molecule has 2 rings (SSSR count). The minimum absolute atomic E-state index is 0.834. The van der Waals surface area contributed by atoms with Crippen LogP contribution in [0.5, 0.6) is 0 Å². The van der Waals surface area contributed by atoms with Gasteiger partial charge in [0.05, 0.1) is 0 Å². The van der Waals surface area contributed by atoms with Crippen molar-refractivity contribution in [3.63, 3.8) is 0 Å². The fourth-order valence-electron chi connectivity index (χ4n) is 1.12. The van der Waals surface area contributed by atoms with Crippen molar-refractivity contribution in [3.05, 3.63) is 24.6 Å². The van der Waals surface area contributed by atoms with Crippen molar-refractivity contribution < 1.29 is 4.42 Å². The summed E-state index contributed by atoms with van der Waals surface area (Å²) in [5.41, 5.74) is 2.87. The van der Waals surface area contributed by atoms with Gasteiger partial charge in [-0.25, -0.2) is 4.98 Å². The Labute approximate surface area is 70.6 Å². The Bertz CT molecular complexity index is 392. The largest absolute Gasteiger partial charge is 0.443 e. The minimum atomic E-state index is 0.834. The highest BCUT2D eigenvalue weighted by Crippen LogP contribution is 2.18. The summed E-state index contributed by atoms with van der Waals surface area (Å²) in [5.74, 6) is 0. The molecule has 62 valence electrons. The lowest BCUT2D eigenvalue weighted by atomic mass is 10.3. The molecule has 0 fully saturated rings. The number of oxazole rings is 1. The number of benzene rings is 1. The van der Waals surface area contributed by atoms with Crippen molar-refractivity contribution in [2.75, 3.05) is 19.0 Å². The SMILES string of the molecule is CN(C)c1ccc2ocnc2c1. The molecule has 0 amide bonds. The van der Waals surface area contributed by atoms with E-state index >= 15 is 0 Å². The summed E-state index contributed by atoms with van der Waals surface area (Å²) >= 11 is 0. The Morgan fingerprint density at radius 1 is 1.33 bits per heavy atom. The summed E-state index contributed by atoms with van der Waals surface area (Å²) in [4.78, 5) is 6.10. The highest BCUT2D eigenvalue weighted by atomic mass is 16.3. The summed E-state index contributed by atoms with van der Waals surface area (Å²) in [6, 6.07) is 5.93. The molecule has 0 bridgehead atoms. The van der Waals surface area contributed by atoms with E-state index in [1.165, 1.54) is 6.39 Å². The van der Waals surface area contributed by atoms with E-state index in [9.17, 15) is 0 Å². The van der Waals surface area contributed by atoms with Crippen molar-refractivity contribution in [2.45, 2.75) is 0 Å². The second kappa shape index (κ2) is 2.52. The normalized spacial score (nSPS) is 10.5. The maximum Gasteiger partial charge on any atom is 0.181 e. The number of hydrogen-bond acceptors (Lipinski definition) is 3. The van der Waals surface area contributed by atoms with Gasteiger partial charge in [0.25, 0.3) is 0 Å². The van der Waals surface area contributed by atoms with Gasteiger partial charge in [-0.1, -0.05) is 0 Å². The summed E-state index contributed by atoms with van der Waals surface area (Å²) in [6.45, 7) is 0. The van der Waals surface area contributed by atoms with Crippen molar-refractivity contribution in [3.8, 4) is 0 Å². The van der Waals surface area contributed by atoms with Crippen LogP contribution >= 0.6 is 0 Å². The summed E-state index contributed by atoms with van der Waals surface area (Å²) in [5, 5.41) is 0. The molecule has 3 nitrogen and oxygen atoms in total. The van der Waals surface area contributed by atoms with Crippen LogP contribution in [0.1, 0.15) is 0 Å². The lowest BCUT2D eigenvalue weighted by Crippen LogP contribution is -2.07.